The van der Waals surface area contributed by atoms with Gasteiger partial charge in [0.1, 0.15) is 6.67 Å². The van der Waals surface area contributed by atoms with E-state index < -0.39 is 25.3 Å². The van der Waals surface area contributed by atoms with Crippen molar-refractivity contribution in [2.75, 3.05) is 57.3 Å². The molecule has 0 aliphatic heterocycles. The highest BCUT2D eigenvalue weighted by molar-refractivity contribution is 5.97. The van der Waals surface area contributed by atoms with Crippen LogP contribution in [0.15, 0.2) is 24.3 Å². The molecule has 0 saturated carbocycles. The van der Waals surface area contributed by atoms with E-state index in [2.05, 4.69) is 0 Å². The van der Waals surface area contributed by atoms with Gasteiger partial charge in [-0.1, -0.05) is 6.07 Å². The van der Waals surface area contributed by atoms with Crippen LogP contribution in [-0.2, 0) is 4.79 Å². The monoisotopic (exact) mass is 349 g/mol. The molecular weight excluding hydrogens is 326 g/mol. The number of carbonyl (C=O) groups is 1. The highest BCUT2D eigenvalue weighted by atomic mass is 19.4. The number of anilines is 2. The molecule has 0 heterocycles. The largest absolute Gasteiger partial charge is 0.471 e. The lowest BCUT2D eigenvalue weighted by Gasteiger charge is -2.25. The molecule has 0 atom stereocenters. The molecule has 0 fully saturated rings. The maximum Gasteiger partial charge on any atom is 0.471 e. The minimum Gasteiger partial charge on any atom is -0.374 e. The number of rotatable bonds is 8. The second kappa shape index (κ2) is 8.86. The van der Waals surface area contributed by atoms with Gasteiger partial charge < -0.3 is 14.7 Å². The Kier molecular flexibility index (Phi) is 7.47. The van der Waals surface area contributed by atoms with Gasteiger partial charge in [0.25, 0.3) is 0 Å². The summed E-state index contributed by atoms with van der Waals surface area (Å²) in [4.78, 5) is 15.9. The van der Waals surface area contributed by atoms with Gasteiger partial charge in [0, 0.05) is 25.0 Å². The minimum absolute atomic E-state index is 0.0342. The topological polar surface area (TPSA) is 26.8 Å². The van der Waals surface area contributed by atoms with E-state index in [1.807, 2.05) is 30.9 Å². The zero-order chi connectivity index (χ0) is 18.3. The zero-order valence-corrected chi connectivity index (χ0v) is 14.1. The molecular formula is C16H23F4N3O. The molecule has 1 aromatic rings. The molecule has 0 spiro atoms. The van der Waals surface area contributed by atoms with Crippen molar-refractivity contribution in [2.24, 2.45) is 0 Å². The molecule has 1 rings (SSSR count). The van der Waals surface area contributed by atoms with Gasteiger partial charge in [-0.2, -0.15) is 13.2 Å². The van der Waals surface area contributed by atoms with Crippen LogP contribution in [0.25, 0.3) is 0 Å². The number of nitrogens with zero attached hydrogens (tertiary/aromatic N) is 3. The molecule has 8 heteroatoms. The smallest absolute Gasteiger partial charge is 0.374 e. The first kappa shape index (κ1) is 20.2. The lowest BCUT2D eigenvalue weighted by Crippen LogP contribution is -2.42. The van der Waals surface area contributed by atoms with E-state index in [-0.39, 0.29) is 5.69 Å². The first-order chi connectivity index (χ1) is 11.2. The summed E-state index contributed by atoms with van der Waals surface area (Å²) in [6.07, 6.45) is -4.16. The van der Waals surface area contributed by atoms with Crippen LogP contribution in [0.4, 0.5) is 28.9 Å². The van der Waals surface area contributed by atoms with Crippen molar-refractivity contribution < 1.29 is 22.4 Å². The van der Waals surface area contributed by atoms with Crippen LogP contribution < -0.4 is 9.80 Å². The van der Waals surface area contributed by atoms with Crippen molar-refractivity contribution in [3.05, 3.63) is 24.3 Å². The van der Waals surface area contributed by atoms with Gasteiger partial charge in [0.2, 0.25) is 0 Å². The van der Waals surface area contributed by atoms with Crippen LogP contribution in [0.2, 0.25) is 0 Å². The van der Waals surface area contributed by atoms with E-state index in [1.165, 1.54) is 12.1 Å². The molecule has 1 aromatic carbocycles. The first-order valence-corrected chi connectivity index (χ1v) is 7.57. The van der Waals surface area contributed by atoms with Gasteiger partial charge in [-0.3, -0.25) is 4.79 Å². The second-order valence-electron chi connectivity index (χ2n) is 5.74. The number of amides is 1. The summed E-state index contributed by atoms with van der Waals surface area (Å²) in [6.45, 7) is -0.0978. The second-order valence-corrected chi connectivity index (χ2v) is 5.74. The van der Waals surface area contributed by atoms with Crippen LogP contribution in [0.5, 0.6) is 0 Å². The highest BCUT2D eigenvalue weighted by Crippen LogP contribution is 2.26. The molecule has 0 aliphatic rings. The van der Waals surface area contributed by atoms with Gasteiger partial charge >= 0.3 is 12.1 Å². The van der Waals surface area contributed by atoms with Crippen molar-refractivity contribution in [1.82, 2.24) is 4.90 Å². The number of hydrogen-bond donors (Lipinski definition) is 0. The van der Waals surface area contributed by atoms with Gasteiger partial charge in [-0.05, 0) is 45.3 Å². The van der Waals surface area contributed by atoms with Crippen molar-refractivity contribution >= 4 is 17.3 Å². The van der Waals surface area contributed by atoms with Gasteiger partial charge in [-0.25, -0.2) is 4.39 Å². The third-order valence-electron chi connectivity index (χ3n) is 3.48. The Morgan fingerprint density at radius 3 is 2.21 bits per heavy atom. The average molecular weight is 349 g/mol. The summed E-state index contributed by atoms with van der Waals surface area (Å²) in [7, 11) is 5.73. The fraction of sp³-hybridized carbons (Fsp3) is 0.562. The van der Waals surface area contributed by atoms with Crippen molar-refractivity contribution in [2.45, 2.75) is 12.6 Å². The fourth-order valence-electron chi connectivity index (χ4n) is 2.24. The van der Waals surface area contributed by atoms with Crippen LogP contribution in [-0.4, -0.2) is 64.4 Å². The maximum absolute atomic E-state index is 12.7. The van der Waals surface area contributed by atoms with Crippen LogP contribution in [0, 0.1) is 0 Å². The number of benzene rings is 1. The van der Waals surface area contributed by atoms with Crippen molar-refractivity contribution in [3.63, 3.8) is 0 Å². The Hall–Kier alpha value is -1.83. The van der Waals surface area contributed by atoms with Gasteiger partial charge in [0.15, 0.2) is 0 Å². The molecule has 0 aromatic heterocycles. The normalized spacial score (nSPS) is 11.7. The van der Waals surface area contributed by atoms with E-state index in [0.717, 1.165) is 13.0 Å². The van der Waals surface area contributed by atoms with Gasteiger partial charge in [0.05, 0.1) is 6.54 Å². The third kappa shape index (κ3) is 5.99. The Morgan fingerprint density at radius 1 is 1.04 bits per heavy atom. The van der Waals surface area contributed by atoms with E-state index in [4.69, 9.17) is 0 Å². The summed E-state index contributed by atoms with van der Waals surface area (Å²) in [5, 5.41) is 0. The predicted molar refractivity (Wildman–Crippen MR) is 87.3 cm³/mol. The molecule has 0 bridgehead atoms. The molecule has 1 amide bonds. The molecule has 24 heavy (non-hydrogen) atoms. The van der Waals surface area contributed by atoms with Crippen molar-refractivity contribution in [3.8, 4) is 0 Å². The molecule has 136 valence electrons. The van der Waals surface area contributed by atoms with E-state index in [0.29, 0.717) is 17.1 Å². The highest BCUT2D eigenvalue weighted by Gasteiger charge is 2.43. The van der Waals surface area contributed by atoms with Crippen LogP contribution in [0.1, 0.15) is 6.42 Å². The number of hydrogen-bond acceptors (Lipinski definition) is 3. The Balaban J connectivity index is 2.93. The number of carbonyl (C=O) groups excluding carboxylic acids is 1. The summed E-state index contributed by atoms with van der Waals surface area (Å²) < 4.78 is 50.6. The number of alkyl halides is 4. The fourth-order valence-corrected chi connectivity index (χ4v) is 2.24. The van der Waals surface area contributed by atoms with Crippen molar-refractivity contribution in [1.29, 1.82) is 0 Å². The predicted octanol–water partition coefficient (Wildman–Crippen LogP) is 2.94. The summed E-state index contributed by atoms with van der Waals surface area (Å²) in [6, 6.07) is 6.14. The quantitative estimate of drug-likeness (QED) is 0.675. The average Bonchev–Trinajstić information content (AvgIpc) is 2.50. The molecule has 0 radical (unpaired) electrons. The standard InChI is InChI=1S/C16H23F4N3O/c1-21(2)9-5-10-22(3)13-6-4-7-14(12-13)23(11-8-17)15(24)16(18,19)20/h4,6-7,12H,5,8-11H2,1-3H3. The van der Waals surface area contributed by atoms with E-state index in [9.17, 15) is 22.4 Å². The molecule has 0 unspecified atom stereocenters. The van der Waals surface area contributed by atoms with E-state index in [1.54, 1.807) is 12.1 Å². The SMILES string of the molecule is CN(C)CCCN(C)c1cccc(N(CCF)C(=O)C(F)(F)F)c1. The molecule has 0 aliphatic carbocycles. The Bertz CT molecular complexity index is 534. The van der Waals surface area contributed by atoms with Gasteiger partial charge in [-0.15, -0.1) is 0 Å². The lowest BCUT2D eigenvalue weighted by molar-refractivity contribution is -0.170. The van der Waals surface area contributed by atoms with Crippen LogP contribution >= 0.6 is 0 Å². The minimum atomic E-state index is -5.04. The lowest BCUT2D eigenvalue weighted by atomic mass is 10.2. The summed E-state index contributed by atoms with van der Waals surface area (Å²) in [5.74, 6) is -2.06. The Morgan fingerprint density at radius 2 is 1.67 bits per heavy atom. The molecule has 0 N–H and O–H groups in total. The Labute approximate surface area is 139 Å². The molecule has 0 saturated heterocycles. The summed E-state index contributed by atoms with van der Waals surface area (Å²) >= 11 is 0. The zero-order valence-electron chi connectivity index (χ0n) is 14.1. The van der Waals surface area contributed by atoms with E-state index >= 15 is 0 Å². The maximum atomic E-state index is 12.7. The first-order valence-electron chi connectivity index (χ1n) is 7.57. The number of halogens is 4. The van der Waals surface area contributed by atoms with Crippen LogP contribution in [0.3, 0.4) is 0 Å². The molecule has 4 nitrogen and oxygen atoms in total. The summed E-state index contributed by atoms with van der Waals surface area (Å²) in [5.41, 5.74) is 0.706. The third-order valence-corrected chi connectivity index (χ3v) is 3.48.